The highest BCUT2D eigenvalue weighted by Crippen LogP contribution is 2.38. The van der Waals surface area contributed by atoms with E-state index in [2.05, 4.69) is 66.1 Å². The molecule has 262 valence electrons. The summed E-state index contributed by atoms with van der Waals surface area (Å²) in [6.07, 6.45) is 3.47. The summed E-state index contributed by atoms with van der Waals surface area (Å²) in [5.41, 5.74) is 5.99. The number of ether oxygens (including phenoxy) is 2. The molecule has 0 amide bonds. The van der Waals surface area contributed by atoms with E-state index in [0.717, 1.165) is 43.2 Å². The molecule has 0 spiro atoms. The highest BCUT2D eigenvalue weighted by molar-refractivity contribution is 8.02. The lowest BCUT2D eigenvalue weighted by atomic mass is 9.86. The molecule has 6 aromatic rings. The number of hydrogen-bond donors (Lipinski definition) is 0. The summed E-state index contributed by atoms with van der Waals surface area (Å²) in [6, 6.07) is 52.3. The van der Waals surface area contributed by atoms with Crippen molar-refractivity contribution in [3.63, 3.8) is 0 Å². The van der Waals surface area contributed by atoms with E-state index in [-0.39, 0.29) is 5.97 Å². The minimum absolute atomic E-state index is 0.366. The first kappa shape index (κ1) is 37.3. The van der Waals surface area contributed by atoms with Crippen LogP contribution in [0.15, 0.2) is 200 Å². The van der Waals surface area contributed by atoms with Gasteiger partial charge in [0.15, 0.2) is 0 Å². The molecular formula is C46H36O4S3. The highest BCUT2D eigenvalue weighted by atomic mass is 32.2. The average Bonchev–Trinajstić information content (AvgIpc) is 3.19. The summed E-state index contributed by atoms with van der Waals surface area (Å²) >= 11 is 4.88. The number of rotatable bonds is 13. The van der Waals surface area contributed by atoms with E-state index >= 15 is 0 Å². The van der Waals surface area contributed by atoms with Gasteiger partial charge in [-0.2, -0.15) is 0 Å². The van der Waals surface area contributed by atoms with Crippen LogP contribution in [-0.2, 0) is 9.59 Å². The van der Waals surface area contributed by atoms with Crippen molar-refractivity contribution in [2.24, 2.45) is 0 Å². The van der Waals surface area contributed by atoms with E-state index in [1.807, 2.05) is 97.9 Å². The highest BCUT2D eigenvalue weighted by Gasteiger charge is 2.17. The Balaban J connectivity index is 1.15. The predicted molar refractivity (Wildman–Crippen MR) is 220 cm³/mol. The zero-order valence-electron chi connectivity index (χ0n) is 29.2. The molecule has 0 aromatic heterocycles. The standard InChI is InChI=1S/C46H36O4S3/c1-3-31-51-40-22-26-42(27-23-40)53-43-28-24-41(25-29-43)52-32-30-44(48)50-39-20-16-37(17-21-39)46(35-12-8-5-9-13-35)45(34-10-6-4-7-11-34)36-14-18-38(19-15-36)49-33(2)47/h3-32H,1-2H3. The number of thioether (sulfide) groups is 2. The maximum absolute atomic E-state index is 12.8. The normalized spacial score (nSPS) is 11.7. The second-order valence-corrected chi connectivity index (χ2v) is 14.7. The maximum atomic E-state index is 12.8. The van der Waals surface area contributed by atoms with Crippen LogP contribution in [0.3, 0.4) is 0 Å². The molecule has 0 aliphatic heterocycles. The van der Waals surface area contributed by atoms with Crippen molar-refractivity contribution in [1.82, 2.24) is 0 Å². The van der Waals surface area contributed by atoms with Gasteiger partial charge in [0.2, 0.25) is 0 Å². The molecule has 0 saturated carbocycles. The van der Waals surface area contributed by atoms with Gasteiger partial charge in [0.1, 0.15) is 11.5 Å². The van der Waals surface area contributed by atoms with Crippen LogP contribution in [0.2, 0.25) is 0 Å². The van der Waals surface area contributed by atoms with E-state index in [4.69, 9.17) is 9.47 Å². The summed E-state index contributed by atoms with van der Waals surface area (Å²) in [7, 11) is 0. The maximum Gasteiger partial charge on any atom is 0.336 e. The van der Waals surface area contributed by atoms with E-state index in [1.54, 1.807) is 41.1 Å². The zero-order chi connectivity index (χ0) is 36.8. The second kappa shape index (κ2) is 18.9. The van der Waals surface area contributed by atoms with Gasteiger partial charge in [-0.25, -0.2) is 4.79 Å². The third-order valence-corrected chi connectivity index (χ3v) is 10.6. The lowest BCUT2D eigenvalue weighted by Gasteiger charge is -2.18. The average molecular weight is 749 g/mol. The van der Waals surface area contributed by atoms with Crippen molar-refractivity contribution in [2.75, 3.05) is 0 Å². The van der Waals surface area contributed by atoms with Crippen molar-refractivity contribution < 1.29 is 19.1 Å². The number of hydrogen-bond acceptors (Lipinski definition) is 7. The van der Waals surface area contributed by atoms with Crippen LogP contribution >= 0.6 is 35.3 Å². The molecule has 7 heteroatoms. The fourth-order valence-corrected chi connectivity index (χ4v) is 7.47. The molecule has 0 heterocycles. The van der Waals surface area contributed by atoms with Gasteiger partial charge in [0.25, 0.3) is 0 Å². The Morgan fingerprint density at radius 1 is 0.472 bits per heavy atom. The Kier molecular flexibility index (Phi) is 13.3. The van der Waals surface area contributed by atoms with E-state index in [0.29, 0.717) is 11.5 Å². The summed E-state index contributed by atoms with van der Waals surface area (Å²) in [6.45, 7) is 3.41. The van der Waals surface area contributed by atoms with E-state index in [9.17, 15) is 9.59 Å². The van der Waals surface area contributed by atoms with Gasteiger partial charge in [0.05, 0.1) is 0 Å². The van der Waals surface area contributed by atoms with E-state index in [1.165, 1.54) is 34.6 Å². The summed E-state index contributed by atoms with van der Waals surface area (Å²) in [5.74, 6) is 0.111. The molecular weight excluding hydrogens is 713 g/mol. The Hall–Kier alpha value is -5.47. The molecule has 0 aliphatic carbocycles. The molecule has 4 nitrogen and oxygen atoms in total. The molecule has 0 atom stereocenters. The van der Waals surface area contributed by atoms with Crippen LogP contribution in [0, 0.1) is 0 Å². The number of carbonyl (C=O) groups is 2. The molecule has 0 N–H and O–H groups in total. The minimum Gasteiger partial charge on any atom is -0.427 e. The van der Waals surface area contributed by atoms with Crippen molar-refractivity contribution in [1.29, 1.82) is 0 Å². The van der Waals surface area contributed by atoms with Crippen molar-refractivity contribution >= 4 is 58.4 Å². The van der Waals surface area contributed by atoms with Crippen LogP contribution in [0.25, 0.3) is 11.1 Å². The summed E-state index contributed by atoms with van der Waals surface area (Å²) in [4.78, 5) is 28.9. The first-order valence-electron chi connectivity index (χ1n) is 16.9. The predicted octanol–water partition coefficient (Wildman–Crippen LogP) is 12.6. The number of allylic oxidation sites excluding steroid dienone is 1. The second-order valence-electron chi connectivity index (χ2n) is 11.6. The van der Waals surface area contributed by atoms with Gasteiger partial charge >= 0.3 is 11.9 Å². The van der Waals surface area contributed by atoms with E-state index < -0.39 is 5.97 Å². The summed E-state index contributed by atoms with van der Waals surface area (Å²) < 4.78 is 11.0. The molecule has 6 aromatic carbocycles. The molecule has 0 fully saturated rings. The Morgan fingerprint density at radius 3 is 1.30 bits per heavy atom. The van der Waals surface area contributed by atoms with Crippen LogP contribution in [-0.4, -0.2) is 11.9 Å². The molecule has 0 saturated heterocycles. The molecule has 6 rings (SSSR count). The smallest absolute Gasteiger partial charge is 0.336 e. The fourth-order valence-electron chi connectivity index (χ4n) is 5.44. The third kappa shape index (κ3) is 10.8. The number of benzene rings is 6. The van der Waals surface area contributed by atoms with Gasteiger partial charge < -0.3 is 9.47 Å². The first-order chi connectivity index (χ1) is 25.9. The fraction of sp³-hybridized carbons (Fsp3) is 0.0435. The van der Waals surface area contributed by atoms with Crippen molar-refractivity contribution in [2.45, 2.75) is 33.4 Å². The Labute approximate surface area is 323 Å². The topological polar surface area (TPSA) is 52.6 Å². The van der Waals surface area contributed by atoms with Gasteiger partial charge in [-0.15, -0.1) is 0 Å². The Bertz CT molecular complexity index is 2210. The van der Waals surface area contributed by atoms with Crippen molar-refractivity contribution in [3.8, 4) is 11.5 Å². The minimum atomic E-state index is -0.454. The molecule has 53 heavy (non-hydrogen) atoms. The number of esters is 2. The lowest BCUT2D eigenvalue weighted by Crippen LogP contribution is -2.04. The van der Waals surface area contributed by atoms with Gasteiger partial charge in [-0.1, -0.05) is 126 Å². The third-order valence-electron chi connectivity index (χ3n) is 7.77. The Morgan fingerprint density at radius 2 is 0.868 bits per heavy atom. The molecule has 0 aliphatic rings. The van der Waals surface area contributed by atoms with Crippen LogP contribution in [0.5, 0.6) is 11.5 Å². The van der Waals surface area contributed by atoms with Gasteiger partial charge in [-0.3, -0.25) is 4.79 Å². The largest absolute Gasteiger partial charge is 0.427 e. The van der Waals surface area contributed by atoms with Gasteiger partial charge in [-0.05, 0) is 124 Å². The summed E-state index contributed by atoms with van der Waals surface area (Å²) in [5, 5.41) is 3.82. The molecule has 0 unspecified atom stereocenters. The molecule has 0 bridgehead atoms. The zero-order valence-corrected chi connectivity index (χ0v) is 31.6. The van der Waals surface area contributed by atoms with Gasteiger partial charge in [0, 0.05) is 32.6 Å². The SMILES string of the molecule is CC=CSc1ccc(Sc2ccc(SC=CC(=O)Oc3ccc(C(=C(c4ccccc4)c4ccc(OC(C)=O)cc4)c4ccccc4)cc3)cc2)cc1. The lowest BCUT2D eigenvalue weighted by molar-refractivity contribution is -0.132. The number of carbonyl (C=O) groups excluding carboxylic acids is 2. The first-order valence-corrected chi connectivity index (χ1v) is 19.5. The van der Waals surface area contributed by atoms with Crippen LogP contribution in [0.4, 0.5) is 0 Å². The monoisotopic (exact) mass is 748 g/mol. The molecule has 0 radical (unpaired) electrons. The van der Waals surface area contributed by atoms with Crippen LogP contribution in [0.1, 0.15) is 36.1 Å². The van der Waals surface area contributed by atoms with Crippen LogP contribution < -0.4 is 9.47 Å². The van der Waals surface area contributed by atoms with Crippen molar-refractivity contribution in [3.05, 3.63) is 203 Å². The quantitative estimate of drug-likeness (QED) is 0.0383.